The van der Waals surface area contributed by atoms with E-state index in [1.54, 1.807) is 0 Å². The van der Waals surface area contributed by atoms with E-state index >= 15 is 0 Å². The molecule has 1 heterocycles. The van der Waals surface area contributed by atoms with Gasteiger partial charge in [-0.1, -0.05) is 93.9 Å². The van der Waals surface area contributed by atoms with Gasteiger partial charge in [0.25, 0.3) is 0 Å². The van der Waals surface area contributed by atoms with Gasteiger partial charge in [-0.15, -0.1) is 24.7 Å². The van der Waals surface area contributed by atoms with Crippen LogP contribution in [0.3, 0.4) is 0 Å². The maximum absolute atomic E-state index is 12.8. The van der Waals surface area contributed by atoms with Crippen LogP contribution in [0.1, 0.15) is 71.9 Å². The number of terminal acetylenes is 1. The fraction of sp³-hybridized carbons (Fsp3) is 0.436. The van der Waals surface area contributed by atoms with Gasteiger partial charge < -0.3 is 20.9 Å². The monoisotopic (exact) mass is 612 g/mol. The van der Waals surface area contributed by atoms with Crippen LogP contribution in [-0.2, 0) is 11.2 Å². The highest BCUT2D eigenvalue weighted by Crippen LogP contribution is 2.16. The molecule has 0 saturated carbocycles. The number of rotatable bonds is 8. The molecule has 0 atom stereocenters. The lowest BCUT2D eigenvalue weighted by Crippen LogP contribution is -2.46. The zero-order valence-electron chi connectivity index (χ0n) is 28.7. The van der Waals surface area contributed by atoms with E-state index < -0.39 is 0 Å². The second-order valence-corrected chi connectivity index (χ2v) is 11.0. The van der Waals surface area contributed by atoms with Gasteiger partial charge >= 0.3 is 6.03 Å². The first-order valence-electron chi connectivity index (χ1n) is 15.9. The van der Waals surface area contributed by atoms with Crippen molar-refractivity contribution in [3.8, 4) is 24.7 Å². The van der Waals surface area contributed by atoms with E-state index in [0.29, 0.717) is 24.5 Å². The number of amides is 3. The lowest BCUT2D eigenvalue weighted by atomic mass is 10.0. The topological polar surface area (TPSA) is 73.5 Å². The molecule has 6 nitrogen and oxygen atoms in total. The first kappa shape index (κ1) is 40.7. The van der Waals surface area contributed by atoms with Crippen LogP contribution in [0.5, 0.6) is 0 Å². The average molecular weight is 613 g/mol. The zero-order chi connectivity index (χ0) is 33.9. The van der Waals surface area contributed by atoms with Crippen LogP contribution < -0.4 is 16.0 Å². The van der Waals surface area contributed by atoms with Crippen LogP contribution in [0, 0.1) is 37.5 Å². The second-order valence-electron chi connectivity index (χ2n) is 11.0. The number of hydrogen-bond donors (Lipinski definition) is 3. The van der Waals surface area contributed by atoms with Gasteiger partial charge in [0.05, 0.1) is 0 Å². The van der Waals surface area contributed by atoms with Crippen molar-refractivity contribution in [3.05, 3.63) is 94.7 Å². The Morgan fingerprint density at radius 3 is 2.02 bits per heavy atom. The van der Waals surface area contributed by atoms with Crippen LogP contribution in [0.15, 0.2) is 83.6 Å². The van der Waals surface area contributed by atoms with E-state index in [0.717, 1.165) is 55.9 Å². The molecule has 1 saturated heterocycles. The summed E-state index contributed by atoms with van der Waals surface area (Å²) in [6.07, 6.45) is 13.8. The van der Waals surface area contributed by atoms with Gasteiger partial charge in [-0.05, 0) is 56.7 Å². The molecule has 0 unspecified atom stereocenters. The van der Waals surface area contributed by atoms with Crippen molar-refractivity contribution in [1.82, 2.24) is 20.9 Å². The number of hydrogen-bond acceptors (Lipinski definition) is 3. The molecular weight excluding hydrogens is 556 g/mol. The van der Waals surface area contributed by atoms with E-state index in [2.05, 4.69) is 87.4 Å². The number of carbonyl (C=O) groups is 2. The largest absolute Gasteiger partial charge is 0.338 e. The van der Waals surface area contributed by atoms with Gasteiger partial charge in [0.1, 0.15) is 0 Å². The van der Waals surface area contributed by atoms with Gasteiger partial charge in [0.2, 0.25) is 5.91 Å². The van der Waals surface area contributed by atoms with Crippen molar-refractivity contribution in [1.29, 1.82) is 0 Å². The van der Waals surface area contributed by atoms with Crippen LogP contribution in [0.4, 0.5) is 4.79 Å². The van der Waals surface area contributed by atoms with Crippen molar-refractivity contribution >= 4 is 11.9 Å². The summed E-state index contributed by atoms with van der Waals surface area (Å²) >= 11 is 0. The summed E-state index contributed by atoms with van der Waals surface area (Å²) < 4.78 is 0. The van der Waals surface area contributed by atoms with Crippen LogP contribution >= 0.6 is 0 Å². The quantitative estimate of drug-likeness (QED) is 0.167. The first-order chi connectivity index (χ1) is 21.7. The Labute approximate surface area is 274 Å². The number of nitrogens with zero attached hydrogens (tertiary/aromatic N) is 1. The third-order valence-electron chi connectivity index (χ3n) is 6.44. The summed E-state index contributed by atoms with van der Waals surface area (Å²) in [6.45, 7) is 17.8. The number of allylic oxidation sites excluding steroid dienone is 3. The molecule has 1 aliphatic heterocycles. The van der Waals surface area contributed by atoms with Gasteiger partial charge in [0.15, 0.2) is 0 Å². The van der Waals surface area contributed by atoms with Crippen LogP contribution in [0.25, 0.3) is 0 Å². The maximum Gasteiger partial charge on any atom is 0.318 e. The van der Waals surface area contributed by atoms with Crippen molar-refractivity contribution in [2.45, 2.75) is 74.1 Å². The van der Waals surface area contributed by atoms with Crippen LogP contribution in [0.2, 0.25) is 0 Å². The van der Waals surface area contributed by atoms with Crippen LogP contribution in [-0.4, -0.2) is 49.6 Å². The highest BCUT2D eigenvalue weighted by Gasteiger charge is 2.18. The molecule has 2 aromatic carbocycles. The van der Waals surface area contributed by atoms with Gasteiger partial charge in [-0.2, -0.15) is 0 Å². The SMILES string of the molecule is C#C.C/C(=C\C(Cc1ccccc1)=C(/C)NC(=O)NCC(C)C)C(=O)N1CCNCC1.CCC#CCCC.Cc1ccccc1. The third-order valence-corrected chi connectivity index (χ3v) is 6.44. The number of unbranched alkanes of at least 4 members (excludes halogenated alkanes) is 1. The molecule has 244 valence electrons. The second kappa shape index (κ2) is 26.2. The molecule has 6 heteroatoms. The van der Waals surface area contributed by atoms with E-state index in [-0.39, 0.29) is 11.9 Å². The number of urea groups is 1. The molecular formula is C39H56N4O2. The number of carbonyl (C=O) groups excluding carboxylic acids is 2. The minimum Gasteiger partial charge on any atom is -0.338 e. The first-order valence-corrected chi connectivity index (χ1v) is 15.9. The summed E-state index contributed by atoms with van der Waals surface area (Å²) in [6, 6.07) is 20.1. The minimum atomic E-state index is -0.221. The number of benzene rings is 2. The molecule has 0 aromatic heterocycles. The summed E-state index contributed by atoms with van der Waals surface area (Å²) in [4.78, 5) is 26.9. The zero-order valence-corrected chi connectivity index (χ0v) is 28.7. The summed E-state index contributed by atoms with van der Waals surface area (Å²) in [5.74, 6) is 6.47. The van der Waals surface area contributed by atoms with E-state index in [1.807, 2.05) is 73.4 Å². The molecule has 3 rings (SSSR count). The predicted octanol–water partition coefficient (Wildman–Crippen LogP) is 7.28. The Balaban J connectivity index is 0.000000986. The van der Waals surface area contributed by atoms with E-state index in [4.69, 9.17) is 0 Å². The maximum atomic E-state index is 12.8. The third kappa shape index (κ3) is 20.3. The Hall–Kier alpha value is -4.26. The molecule has 0 spiro atoms. The Bertz CT molecular complexity index is 1230. The van der Waals surface area contributed by atoms with Crippen molar-refractivity contribution in [2.24, 2.45) is 5.92 Å². The summed E-state index contributed by atoms with van der Waals surface area (Å²) in [5, 5.41) is 9.07. The lowest BCUT2D eigenvalue weighted by Gasteiger charge is -2.27. The molecule has 1 aliphatic rings. The number of piperazine rings is 1. The highest BCUT2D eigenvalue weighted by molar-refractivity contribution is 5.93. The number of aryl methyl sites for hydroxylation is 1. The Morgan fingerprint density at radius 1 is 0.956 bits per heavy atom. The van der Waals surface area contributed by atoms with Crippen molar-refractivity contribution in [3.63, 3.8) is 0 Å². The molecule has 0 aliphatic carbocycles. The summed E-state index contributed by atoms with van der Waals surface area (Å²) in [5.41, 5.74) is 4.81. The smallest absolute Gasteiger partial charge is 0.318 e. The van der Waals surface area contributed by atoms with Gasteiger partial charge in [-0.25, -0.2) is 4.79 Å². The molecule has 2 aromatic rings. The fourth-order valence-corrected chi connectivity index (χ4v) is 4.01. The van der Waals surface area contributed by atoms with E-state index in [9.17, 15) is 9.59 Å². The normalized spacial score (nSPS) is 12.7. The fourth-order valence-electron chi connectivity index (χ4n) is 4.01. The Kier molecular flexibility index (Phi) is 23.7. The van der Waals surface area contributed by atoms with Crippen molar-refractivity contribution < 1.29 is 9.59 Å². The predicted molar refractivity (Wildman–Crippen MR) is 191 cm³/mol. The molecule has 3 N–H and O–H groups in total. The molecule has 0 radical (unpaired) electrons. The van der Waals surface area contributed by atoms with Gasteiger partial charge in [-0.3, -0.25) is 4.79 Å². The molecule has 45 heavy (non-hydrogen) atoms. The number of nitrogens with one attached hydrogen (secondary N) is 3. The Morgan fingerprint density at radius 2 is 1.53 bits per heavy atom. The van der Waals surface area contributed by atoms with Gasteiger partial charge in [0, 0.05) is 56.8 Å². The standard InChI is InChI=1S/C23H34N4O2.C7H8.C7H12.C2H2/c1-17(2)16-25-23(29)26-19(4)21(15-20-8-6-5-7-9-20)14-18(3)22(28)27-12-10-24-11-13-27;1-7-5-3-2-4-6-7;1-3-5-7-6-4-2;1-2/h5-9,14,17,24H,10-13,15-16H2,1-4H3,(H2,25,26,29);2-6H,1H3;3-5H2,1-2H3;1-2H/b18-14+,21-19-;;;. The van der Waals surface area contributed by atoms with E-state index in [1.165, 1.54) is 12.0 Å². The highest BCUT2D eigenvalue weighted by atomic mass is 16.2. The molecule has 0 bridgehead atoms. The minimum absolute atomic E-state index is 0.0501. The summed E-state index contributed by atoms with van der Waals surface area (Å²) in [7, 11) is 0. The molecule has 1 fully saturated rings. The lowest BCUT2D eigenvalue weighted by molar-refractivity contribution is -0.127. The van der Waals surface area contributed by atoms with Crippen molar-refractivity contribution in [2.75, 3.05) is 32.7 Å². The average Bonchev–Trinajstić information content (AvgIpc) is 3.06. The molecule has 3 amide bonds.